The summed E-state index contributed by atoms with van der Waals surface area (Å²) in [5.41, 5.74) is 3.86. The van der Waals surface area contributed by atoms with Gasteiger partial charge in [0.2, 0.25) is 0 Å². The molecule has 242 valence electrons. The number of pyridine rings is 1. The second kappa shape index (κ2) is 11.1. The topological polar surface area (TPSA) is 93.0 Å². The predicted octanol–water partition coefficient (Wildman–Crippen LogP) is 6.84. The third kappa shape index (κ3) is 4.86. The summed E-state index contributed by atoms with van der Waals surface area (Å²) in [7, 11) is 1.67. The summed E-state index contributed by atoms with van der Waals surface area (Å²) in [4.78, 5) is 41.1. The molecule has 2 amide bonds. The maximum atomic E-state index is 16.9. The molecule has 0 bridgehead atoms. The predicted molar refractivity (Wildman–Crippen MR) is 176 cm³/mol. The summed E-state index contributed by atoms with van der Waals surface area (Å²) in [6, 6.07) is 4.73. The van der Waals surface area contributed by atoms with Crippen LogP contribution in [0.1, 0.15) is 58.7 Å². The van der Waals surface area contributed by atoms with E-state index in [1.54, 1.807) is 30.5 Å². The summed E-state index contributed by atoms with van der Waals surface area (Å²) in [6.45, 7) is 10.4. The van der Waals surface area contributed by atoms with E-state index in [9.17, 15) is 9.59 Å². The second-order valence-electron chi connectivity index (χ2n) is 13.6. The van der Waals surface area contributed by atoms with Crippen LogP contribution in [0.15, 0.2) is 30.7 Å². The van der Waals surface area contributed by atoms with Crippen molar-refractivity contribution in [2.24, 2.45) is 0 Å². The molecule has 2 aromatic carbocycles. The van der Waals surface area contributed by atoms with Gasteiger partial charge in [-0.15, -0.1) is 0 Å². The number of likely N-dealkylation sites (N-methyl/N-ethyl adjacent to an activating group) is 1. The number of hydrogen-bond donors (Lipinski definition) is 0. The first-order valence-corrected chi connectivity index (χ1v) is 16.2. The monoisotopic (exact) mass is 648 g/mol. The first-order chi connectivity index (χ1) is 21.9. The van der Waals surface area contributed by atoms with Crippen LogP contribution in [0.4, 0.5) is 20.6 Å². The SMILES string of the molecule is Cc1ccc2c(ncn2C2CCCCO2)c1-c1c(Cl)cc2c3c(cnc2c1F)N(C)C(=O)[C@H]1CN(C(=O)OC(C)(C)C)[C@H](C)CN31. The lowest BCUT2D eigenvalue weighted by Gasteiger charge is -2.50. The van der Waals surface area contributed by atoms with Crippen LogP contribution in [-0.2, 0) is 14.3 Å². The number of piperazine rings is 1. The van der Waals surface area contributed by atoms with Crippen LogP contribution >= 0.6 is 11.6 Å². The van der Waals surface area contributed by atoms with Crippen LogP contribution in [0.25, 0.3) is 33.1 Å². The zero-order valence-electron chi connectivity index (χ0n) is 26.9. The van der Waals surface area contributed by atoms with E-state index in [1.165, 1.54) is 4.90 Å². The van der Waals surface area contributed by atoms with Crippen molar-refractivity contribution in [2.45, 2.75) is 77.8 Å². The van der Waals surface area contributed by atoms with E-state index in [0.29, 0.717) is 41.0 Å². The van der Waals surface area contributed by atoms with E-state index < -0.39 is 23.6 Å². The van der Waals surface area contributed by atoms with Crippen LogP contribution in [0.2, 0.25) is 5.02 Å². The Hall–Kier alpha value is -3.96. The molecule has 0 aliphatic carbocycles. The fourth-order valence-corrected chi connectivity index (χ4v) is 7.34. The van der Waals surface area contributed by atoms with Gasteiger partial charge in [-0.05, 0) is 71.6 Å². The lowest BCUT2D eigenvalue weighted by atomic mass is 9.94. The number of nitrogens with zero attached hydrogens (tertiary/aromatic N) is 6. The Morgan fingerprint density at radius 1 is 1.13 bits per heavy atom. The van der Waals surface area contributed by atoms with Crippen molar-refractivity contribution in [3.05, 3.63) is 47.1 Å². The Morgan fingerprint density at radius 3 is 2.63 bits per heavy atom. The summed E-state index contributed by atoms with van der Waals surface area (Å²) in [5.74, 6) is -0.738. The van der Waals surface area contributed by atoms with Crippen LogP contribution in [0.5, 0.6) is 0 Å². The van der Waals surface area contributed by atoms with Crippen molar-refractivity contribution < 1.29 is 23.5 Å². The Kier molecular flexibility index (Phi) is 7.39. The van der Waals surface area contributed by atoms with Crippen molar-refractivity contribution >= 4 is 56.9 Å². The van der Waals surface area contributed by atoms with E-state index in [2.05, 4.69) is 4.98 Å². The molecule has 0 radical (unpaired) electrons. The number of aryl methyl sites for hydroxylation is 1. The molecule has 12 heteroatoms. The number of aromatic nitrogens is 3. The highest BCUT2D eigenvalue weighted by molar-refractivity contribution is 6.35. The van der Waals surface area contributed by atoms with Gasteiger partial charge >= 0.3 is 6.09 Å². The molecule has 3 aliphatic rings. The number of rotatable bonds is 2. The Bertz CT molecular complexity index is 1900. The zero-order valence-corrected chi connectivity index (χ0v) is 27.7. The van der Waals surface area contributed by atoms with Crippen LogP contribution in [0, 0.1) is 12.7 Å². The van der Waals surface area contributed by atoms with Crippen LogP contribution in [0.3, 0.4) is 0 Å². The van der Waals surface area contributed by atoms with Gasteiger partial charge in [0, 0.05) is 42.8 Å². The molecule has 3 aliphatic heterocycles. The average Bonchev–Trinajstić information content (AvgIpc) is 3.44. The summed E-state index contributed by atoms with van der Waals surface area (Å²) in [6.07, 6.45) is 5.70. The van der Waals surface area contributed by atoms with E-state index in [0.717, 1.165) is 30.3 Å². The number of benzene rings is 2. The molecule has 2 fully saturated rings. The first kappa shape index (κ1) is 30.7. The van der Waals surface area contributed by atoms with Crippen molar-refractivity contribution in [1.82, 2.24) is 19.4 Å². The van der Waals surface area contributed by atoms with Gasteiger partial charge < -0.3 is 28.7 Å². The van der Waals surface area contributed by atoms with Gasteiger partial charge in [-0.1, -0.05) is 17.7 Å². The minimum atomic E-state index is -0.685. The van der Waals surface area contributed by atoms with E-state index in [1.807, 2.05) is 56.2 Å². The molecule has 5 heterocycles. The van der Waals surface area contributed by atoms with Crippen LogP contribution in [-0.4, -0.2) is 75.9 Å². The molecular formula is C34H38ClFN6O4. The van der Waals surface area contributed by atoms with Crippen molar-refractivity contribution in [2.75, 3.05) is 36.5 Å². The molecule has 0 N–H and O–H groups in total. The molecule has 4 aromatic rings. The third-order valence-electron chi connectivity index (χ3n) is 9.31. The fraction of sp³-hybridized carbons (Fsp3) is 0.471. The highest BCUT2D eigenvalue weighted by atomic mass is 35.5. The Balaban J connectivity index is 1.34. The van der Waals surface area contributed by atoms with Gasteiger partial charge in [0.05, 0.1) is 46.5 Å². The molecular weight excluding hydrogens is 611 g/mol. The van der Waals surface area contributed by atoms with Crippen molar-refractivity contribution in [1.29, 1.82) is 0 Å². The number of anilines is 2. The number of amides is 2. The summed E-state index contributed by atoms with van der Waals surface area (Å²) in [5, 5.41) is 0.716. The minimum absolute atomic E-state index is 0.120. The first-order valence-electron chi connectivity index (χ1n) is 15.8. The number of carbonyl (C=O) groups is 2. The van der Waals surface area contributed by atoms with Gasteiger partial charge in [0.25, 0.3) is 5.91 Å². The Labute approximate surface area is 272 Å². The Morgan fingerprint density at radius 2 is 1.91 bits per heavy atom. The zero-order chi connectivity index (χ0) is 32.7. The van der Waals surface area contributed by atoms with E-state index >= 15 is 4.39 Å². The van der Waals surface area contributed by atoms with Gasteiger partial charge in [-0.25, -0.2) is 14.2 Å². The molecule has 2 saturated heterocycles. The summed E-state index contributed by atoms with van der Waals surface area (Å²) >= 11 is 7.01. The highest BCUT2D eigenvalue weighted by Crippen LogP contribution is 2.47. The number of halogens is 2. The largest absolute Gasteiger partial charge is 0.444 e. The van der Waals surface area contributed by atoms with E-state index in [4.69, 9.17) is 26.1 Å². The smallest absolute Gasteiger partial charge is 0.410 e. The molecule has 10 nitrogen and oxygen atoms in total. The molecule has 46 heavy (non-hydrogen) atoms. The molecule has 1 unspecified atom stereocenters. The van der Waals surface area contributed by atoms with Gasteiger partial charge in [0.15, 0.2) is 5.82 Å². The quantitative estimate of drug-likeness (QED) is 0.235. The molecule has 3 atom stereocenters. The van der Waals surface area contributed by atoms with Gasteiger partial charge in [-0.3, -0.25) is 9.78 Å². The second-order valence-corrected chi connectivity index (χ2v) is 14.0. The standard InChI is InChI=1S/C34H38ClFN6O4/c1-18-10-11-22-30(38-17-42(22)25-9-7-8-12-45-25)26(18)27-21(35)13-20-29(28(27)36)37-14-23-31(20)41-15-19(2)40(33(44)46-34(3,4)5)16-24(41)32(43)39(23)6/h10-11,13-14,17,19,24-25H,7-9,12,15-16H2,1-6H3/t19-,24-,25?/m1/s1. The maximum Gasteiger partial charge on any atom is 0.410 e. The molecule has 7 rings (SSSR count). The number of fused-ring (bicyclic) bond motifs is 6. The lowest BCUT2D eigenvalue weighted by Crippen LogP contribution is -2.66. The number of carbonyl (C=O) groups excluding carboxylic acids is 2. The lowest BCUT2D eigenvalue weighted by molar-refractivity contribution is -0.121. The van der Waals surface area contributed by atoms with Gasteiger partial charge in [-0.2, -0.15) is 0 Å². The third-order valence-corrected chi connectivity index (χ3v) is 9.61. The number of imidazole rings is 1. The van der Waals surface area contributed by atoms with Gasteiger partial charge in [0.1, 0.15) is 23.4 Å². The minimum Gasteiger partial charge on any atom is -0.444 e. The molecule has 2 aromatic heterocycles. The number of ether oxygens (including phenoxy) is 2. The van der Waals surface area contributed by atoms with Crippen LogP contribution < -0.4 is 9.80 Å². The summed E-state index contributed by atoms with van der Waals surface area (Å²) < 4.78 is 30.6. The highest BCUT2D eigenvalue weighted by Gasteiger charge is 2.45. The fourth-order valence-electron chi connectivity index (χ4n) is 7.06. The molecule has 0 spiro atoms. The average molecular weight is 649 g/mol. The van der Waals surface area contributed by atoms with E-state index in [-0.39, 0.29) is 40.8 Å². The normalized spacial score (nSPS) is 22.0. The number of hydrogen-bond acceptors (Lipinski definition) is 7. The molecule has 0 saturated carbocycles. The van der Waals surface area contributed by atoms with Crippen molar-refractivity contribution in [3.63, 3.8) is 0 Å². The van der Waals surface area contributed by atoms with Crippen molar-refractivity contribution in [3.8, 4) is 11.1 Å². The maximum absolute atomic E-state index is 16.9.